The fourth-order valence-electron chi connectivity index (χ4n) is 3.15. The van der Waals surface area contributed by atoms with E-state index in [1.807, 2.05) is 67.8 Å². The minimum atomic E-state index is -1.01. The Morgan fingerprint density at radius 3 is 1.39 bits per heavy atom. The van der Waals surface area contributed by atoms with E-state index < -0.39 is 5.97 Å². The minimum Gasteiger partial charge on any atom is -0.741 e. The van der Waals surface area contributed by atoms with Crippen LogP contribution >= 0.6 is 0 Å². The van der Waals surface area contributed by atoms with Crippen LogP contribution in [0.5, 0.6) is 0 Å². The summed E-state index contributed by atoms with van der Waals surface area (Å²) in [6, 6.07) is 15.8. The molecule has 2 aromatic rings. The number of carboxylic acid groups (broad SMARTS) is 1. The van der Waals surface area contributed by atoms with E-state index in [4.69, 9.17) is 25.3 Å². The third kappa shape index (κ3) is 8.67. The van der Waals surface area contributed by atoms with Crippen LogP contribution in [-0.4, -0.2) is 68.8 Å². The van der Waals surface area contributed by atoms with Gasteiger partial charge in [0.15, 0.2) is 0 Å². The standard InChI is InChI=1S/C25H32N6O2S2.Cu/c1-5-30(6-2)24(34)28-26-21(18-12-10-9-11-13-18)22(27-29-25(35)31(7-3)8-4)19-14-16-20(17-15-19)23(32)33;/h9-17H,5-8H2,1-4H3,(H,28,34)(H,29,35)(H,32,33);/q;+2/p-2/b26-21+,27-22+;. The van der Waals surface area contributed by atoms with Crippen molar-refractivity contribution in [2.45, 2.75) is 27.7 Å². The number of hydrogen-bond donors (Lipinski definition) is 1. The van der Waals surface area contributed by atoms with Crippen molar-refractivity contribution in [2.24, 2.45) is 20.4 Å². The molecule has 36 heavy (non-hydrogen) atoms. The molecule has 0 bridgehead atoms. The summed E-state index contributed by atoms with van der Waals surface area (Å²) in [7, 11) is 0. The van der Waals surface area contributed by atoms with Crippen LogP contribution in [0.4, 0.5) is 0 Å². The van der Waals surface area contributed by atoms with Crippen LogP contribution in [0.2, 0.25) is 0 Å². The first-order chi connectivity index (χ1) is 16.9. The van der Waals surface area contributed by atoms with Crippen LogP contribution in [0.1, 0.15) is 49.2 Å². The van der Waals surface area contributed by atoms with Gasteiger partial charge in [-0.15, -0.1) is 10.2 Å². The zero-order chi connectivity index (χ0) is 25.8. The number of carbonyl (C=O) groups is 1. The van der Waals surface area contributed by atoms with E-state index in [1.165, 1.54) is 12.1 Å². The van der Waals surface area contributed by atoms with Crippen molar-refractivity contribution < 1.29 is 27.0 Å². The maximum atomic E-state index is 11.4. The quantitative estimate of drug-likeness (QED) is 0.152. The summed E-state index contributed by atoms with van der Waals surface area (Å²) in [4.78, 5) is 15.2. The first-order valence-electron chi connectivity index (χ1n) is 11.4. The summed E-state index contributed by atoms with van der Waals surface area (Å²) < 4.78 is 0. The van der Waals surface area contributed by atoms with E-state index in [9.17, 15) is 9.90 Å². The number of rotatable bonds is 10. The molecule has 0 unspecified atom stereocenters. The average molecular weight is 574 g/mol. The molecule has 8 nitrogen and oxygen atoms in total. The van der Waals surface area contributed by atoms with Crippen LogP contribution in [0.25, 0.3) is 0 Å². The number of benzene rings is 2. The number of nitrogens with zero attached hydrogens (tertiary/aromatic N) is 6. The largest absolute Gasteiger partial charge is 2.00 e. The molecule has 0 aliphatic rings. The molecule has 0 aromatic heterocycles. The molecule has 0 atom stereocenters. The Morgan fingerprint density at radius 1 is 0.667 bits per heavy atom. The van der Waals surface area contributed by atoms with Gasteiger partial charge in [-0.25, -0.2) is 4.79 Å². The van der Waals surface area contributed by atoms with Gasteiger partial charge in [0.05, 0.1) is 5.56 Å². The number of hydrogen-bond acceptors (Lipinski definition) is 7. The van der Waals surface area contributed by atoms with Crippen molar-refractivity contribution in [3.8, 4) is 0 Å². The molecule has 0 aliphatic carbocycles. The molecule has 195 valence electrons. The second-order valence-corrected chi connectivity index (χ2v) is 7.99. The van der Waals surface area contributed by atoms with Gasteiger partial charge in [-0.05, 0) is 39.8 Å². The van der Waals surface area contributed by atoms with Gasteiger partial charge in [0.25, 0.3) is 0 Å². The Morgan fingerprint density at radius 2 is 1.03 bits per heavy atom. The van der Waals surface area contributed by atoms with E-state index >= 15 is 0 Å². The van der Waals surface area contributed by atoms with Crippen LogP contribution in [0, 0.1) is 0 Å². The molecule has 0 spiro atoms. The Bertz CT molecular complexity index is 1100. The zero-order valence-electron chi connectivity index (χ0n) is 20.7. The molecular weight excluding hydrogens is 544 g/mol. The third-order valence-corrected chi connectivity index (χ3v) is 5.90. The van der Waals surface area contributed by atoms with Crippen molar-refractivity contribution in [1.82, 2.24) is 9.80 Å². The second-order valence-electron chi connectivity index (χ2n) is 7.26. The molecule has 2 aromatic carbocycles. The van der Waals surface area contributed by atoms with Gasteiger partial charge in [-0.1, -0.05) is 42.5 Å². The molecule has 0 aliphatic heterocycles. The fraction of sp³-hybridized carbons (Fsp3) is 0.320. The van der Waals surface area contributed by atoms with Crippen molar-refractivity contribution in [3.63, 3.8) is 0 Å². The maximum Gasteiger partial charge on any atom is 2.00 e. The summed E-state index contributed by atoms with van der Waals surface area (Å²) in [6.07, 6.45) is 0. The van der Waals surface area contributed by atoms with Gasteiger partial charge in [0.1, 0.15) is 11.4 Å². The third-order valence-electron chi connectivity index (χ3n) is 5.22. The molecule has 0 saturated carbocycles. The topological polar surface area (TPSA) is 93.2 Å². The van der Waals surface area contributed by atoms with Crippen LogP contribution in [0.15, 0.2) is 75.0 Å². The predicted octanol–water partition coefficient (Wildman–Crippen LogP) is 3.98. The van der Waals surface area contributed by atoms with Gasteiger partial charge in [0.2, 0.25) is 0 Å². The Kier molecular flexibility index (Phi) is 13.9. The first kappa shape index (κ1) is 31.2. The van der Waals surface area contributed by atoms with E-state index in [0.717, 1.165) is 5.56 Å². The van der Waals surface area contributed by atoms with E-state index in [0.29, 0.717) is 53.5 Å². The van der Waals surface area contributed by atoms with Crippen LogP contribution in [-0.2, 0) is 42.3 Å². The zero-order valence-corrected chi connectivity index (χ0v) is 23.3. The van der Waals surface area contributed by atoms with Gasteiger partial charge in [0, 0.05) is 47.6 Å². The fourth-order valence-corrected chi connectivity index (χ4v) is 3.75. The monoisotopic (exact) mass is 573 g/mol. The van der Waals surface area contributed by atoms with Crippen LogP contribution < -0.4 is 0 Å². The van der Waals surface area contributed by atoms with Crippen LogP contribution in [0.3, 0.4) is 0 Å². The average Bonchev–Trinajstić information content (AvgIpc) is 2.88. The summed E-state index contributed by atoms with van der Waals surface area (Å²) in [5.74, 6) is -1.01. The van der Waals surface area contributed by atoms with Gasteiger partial charge in [-0.3, -0.25) is 0 Å². The Hall–Kier alpha value is -2.85. The minimum absolute atomic E-state index is 0. The molecule has 0 fully saturated rings. The molecule has 1 radical (unpaired) electrons. The number of carboxylic acids is 1. The van der Waals surface area contributed by atoms with Crippen molar-refractivity contribution >= 4 is 53.0 Å². The van der Waals surface area contributed by atoms with E-state index in [-0.39, 0.29) is 22.6 Å². The van der Waals surface area contributed by atoms with E-state index in [2.05, 4.69) is 20.4 Å². The summed E-state index contributed by atoms with van der Waals surface area (Å²) in [6.45, 7) is 10.8. The molecule has 0 amide bonds. The van der Waals surface area contributed by atoms with Crippen molar-refractivity contribution in [2.75, 3.05) is 26.2 Å². The van der Waals surface area contributed by atoms with Gasteiger partial charge < -0.3 is 40.2 Å². The molecule has 1 N–H and O–H groups in total. The number of aromatic carboxylic acids is 1. The first-order valence-corrected chi connectivity index (χ1v) is 12.2. The predicted molar refractivity (Wildman–Crippen MR) is 148 cm³/mol. The second kappa shape index (κ2) is 16.0. The summed E-state index contributed by atoms with van der Waals surface area (Å²) in [5, 5.41) is 27.6. The molecule has 0 saturated heterocycles. The van der Waals surface area contributed by atoms with Gasteiger partial charge in [-0.2, -0.15) is 10.2 Å². The Labute approximate surface area is 234 Å². The normalized spacial score (nSPS) is 12.7. The summed E-state index contributed by atoms with van der Waals surface area (Å²) >= 11 is 10.9. The number of amidine groups is 2. The summed E-state index contributed by atoms with van der Waals surface area (Å²) in [5.41, 5.74) is 2.37. The van der Waals surface area contributed by atoms with E-state index in [1.54, 1.807) is 12.1 Å². The van der Waals surface area contributed by atoms with Crippen molar-refractivity contribution in [1.29, 1.82) is 0 Å². The SMILES string of the molecule is CCN(CC)/C([S-])=N/N=C(/C(=N/N=C(\[S-])N(CC)CC)c1ccc(C(=O)O)cc1)c1ccccc1.[Cu+2]. The Balaban J connectivity index is 0.00000648. The molecule has 0 heterocycles. The smallest absolute Gasteiger partial charge is 0.741 e. The van der Waals surface area contributed by atoms with Gasteiger partial charge >= 0.3 is 23.0 Å². The van der Waals surface area contributed by atoms with Crippen molar-refractivity contribution in [3.05, 3.63) is 71.3 Å². The maximum absolute atomic E-state index is 11.4. The molecular formula is C25H30CuN6O2S2. The molecule has 2 rings (SSSR count). The molecule has 11 heteroatoms.